The van der Waals surface area contributed by atoms with E-state index in [0.717, 1.165) is 10.4 Å². The first kappa shape index (κ1) is 20.1. The standard InChI is InChI=1S/C19H18N2O5S/c1-4-25-19(24)16-11(2)12(3)27-17(16)21-15(22)10-26-18(23)14-7-5-6-13(8-14)9-20/h5-8H,4,10H2,1-3H3,(H,21,22). The van der Waals surface area contributed by atoms with Crippen LogP contribution in [0.4, 0.5) is 5.00 Å². The van der Waals surface area contributed by atoms with Gasteiger partial charge in [0.25, 0.3) is 5.91 Å². The summed E-state index contributed by atoms with van der Waals surface area (Å²) in [6, 6.07) is 7.91. The van der Waals surface area contributed by atoms with Gasteiger partial charge in [0, 0.05) is 4.88 Å². The third-order valence-corrected chi connectivity index (χ3v) is 4.80. The maximum absolute atomic E-state index is 12.1. The lowest BCUT2D eigenvalue weighted by Crippen LogP contribution is -2.21. The highest BCUT2D eigenvalue weighted by molar-refractivity contribution is 7.16. The minimum atomic E-state index is -0.716. The highest BCUT2D eigenvalue weighted by Crippen LogP contribution is 2.33. The van der Waals surface area contributed by atoms with Gasteiger partial charge in [0.15, 0.2) is 6.61 Å². The van der Waals surface area contributed by atoms with E-state index < -0.39 is 24.5 Å². The van der Waals surface area contributed by atoms with E-state index in [0.29, 0.717) is 16.1 Å². The fourth-order valence-corrected chi connectivity index (χ4v) is 3.32. The van der Waals surface area contributed by atoms with Crippen molar-refractivity contribution >= 4 is 34.2 Å². The van der Waals surface area contributed by atoms with E-state index in [2.05, 4.69) is 5.32 Å². The molecule has 0 spiro atoms. The largest absolute Gasteiger partial charge is 0.462 e. The van der Waals surface area contributed by atoms with Gasteiger partial charge >= 0.3 is 11.9 Å². The lowest BCUT2D eigenvalue weighted by molar-refractivity contribution is -0.119. The zero-order chi connectivity index (χ0) is 20.0. The number of anilines is 1. The maximum atomic E-state index is 12.1. The highest BCUT2D eigenvalue weighted by atomic mass is 32.1. The van der Waals surface area contributed by atoms with Gasteiger partial charge in [-0.1, -0.05) is 6.07 Å². The molecule has 1 amide bonds. The Morgan fingerprint density at radius 2 is 1.93 bits per heavy atom. The Morgan fingerprint density at radius 3 is 2.59 bits per heavy atom. The van der Waals surface area contributed by atoms with Gasteiger partial charge in [0.1, 0.15) is 5.00 Å². The topological polar surface area (TPSA) is 105 Å². The molecule has 1 aromatic heterocycles. The molecule has 0 radical (unpaired) electrons. The number of ether oxygens (including phenoxy) is 2. The predicted octanol–water partition coefficient (Wildman–Crippen LogP) is 3.21. The van der Waals surface area contributed by atoms with E-state index in [4.69, 9.17) is 14.7 Å². The molecule has 7 nitrogen and oxygen atoms in total. The molecule has 0 aliphatic rings. The summed E-state index contributed by atoms with van der Waals surface area (Å²) in [4.78, 5) is 37.1. The normalized spacial score (nSPS) is 10.0. The number of carbonyl (C=O) groups excluding carboxylic acids is 3. The Morgan fingerprint density at radius 1 is 1.19 bits per heavy atom. The van der Waals surface area contributed by atoms with Gasteiger partial charge in [-0.15, -0.1) is 11.3 Å². The fourth-order valence-electron chi connectivity index (χ4n) is 2.26. The van der Waals surface area contributed by atoms with Crippen molar-refractivity contribution in [3.05, 3.63) is 51.4 Å². The van der Waals surface area contributed by atoms with Gasteiger partial charge in [-0.2, -0.15) is 5.26 Å². The molecule has 2 aromatic rings. The van der Waals surface area contributed by atoms with Crippen molar-refractivity contribution in [1.82, 2.24) is 0 Å². The second kappa shape index (κ2) is 8.96. The Hall–Kier alpha value is -3.18. The second-order valence-corrected chi connectivity index (χ2v) is 6.75. The van der Waals surface area contributed by atoms with Gasteiger partial charge in [0.05, 0.1) is 29.4 Å². The SMILES string of the molecule is CCOC(=O)c1c(NC(=O)COC(=O)c2cccc(C#N)c2)sc(C)c1C. The van der Waals surface area contributed by atoms with Crippen LogP contribution in [0.2, 0.25) is 0 Å². The maximum Gasteiger partial charge on any atom is 0.341 e. The molecule has 140 valence electrons. The quantitative estimate of drug-likeness (QED) is 0.764. The van der Waals surface area contributed by atoms with E-state index >= 15 is 0 Å². The number of nitrogens with one attached hydrogen (secondary N) is 1. The first-order chi connectivity index (χ1) is 12.9. The summed E-state index contributed by atoms with van der Waals surface area (Å²) in [7, 11) is 0. The van der Waals surface area contributed by atoms with Crippen LogP contribution >= 0.6 is 11.3 Å². The fraction of sp³-hybridized carbons (Fsp3) is 0.263. The molecule has 2 rings (SSSR count). The summed E-state index contributed by atoms with van der Waals surface area (Å²) < 4.78 is 10.0. The number of benzene rings is 1. The number of esters is 2. The number of amides is 1. The van der Waals surface area contributed by atoms with E-state index in [1.165, 1.54) is 23.5 Å². The molecule has 0 atom stereocenters. The molecule has 1 heterocycles. The third-order valence-electron chi connectivity index (χ3n) is 3.68. The van der Waals surface area contributed by atoms with Crippen molar-refractivity contribution in [2.24, 2.45) is 0 Å². The Labute approximate surface area is 160 Å². The molecule has 0 aliphatic heterocycles. The molecular weight excluding hydrogens is 368 g/mol. The molecule has 0 bridgehead atoms. The first-order valence-electron chi connectivity index (χ1n) is 8.11. The zero-order valence-corrected chi connectivity index (χ0v) is 15.9. The summed E-state index contributed by atoms with van der Waals surface area (Å²) >= 11 is 1.25. The summed E-state index contributed by atoms with van der Waals surface area (Å²) in [6.45, 7) is 5.01. The minimum Gasteiger partial charge on any atom is -0.462 e. The first-order valence-corrected chi connectivity index (χ1v) is 8.93. The summed E-state index contributed by atoms with van der Waals surface area (Å²) in [5.41, 5.74) is 1.54. The van der Waals surface area contributed by atoms with Crippen molar-refractivity contribution in [3.8, 4) is 6.07 Å². The summed E-state index contributed by atoms with van der Waals surface area (Å²) in [5, 5.41) is 11.8. The number of nitriles is 1. The number of aryl methyl sites for hydroxylation is 1. The second-order valence-electron chi connectivity index (χ2n) is 5.52. The molecule has 0 saturated carbocycles. The van der Waals surface area contributed by atoms with E-state index in [1.54, 1.807) is 26.0 Å². The van der Waals surface area contributed by atoms with Gasteiger partial charge in [-0.3, -0.25) is 4.79 Å². The Balaban J connectivity index is 2.04. The minimum absolute atomic E-state index is 0.178. The molecule has 1 aromatic carbocycles. The zero-order valence-electron chi connectivity index (χ0n) is 15.1. The predicted molar refractivity (Wildman–Crippen MR) is 99.8 cm³/mol. The van der Waals surface area contributed by atoms with E-state index in [-0.39, 0.29) is 12.2 Å². The van der Waals surface area contributed by atoms with Crippen LogP contribution in [0.15, 0.2) is 24.3 Å². The average molecular weight is 386 g/mol. The van der Waals surface area contributed by atoms with Crippen LogP contribution in [0.3, 0.4) is 0 Å². The van der Waals surface area contributed by atoms with Crippen molar-refractivity contribution in [3.63, 3.8) is 0 Å². The number of thiophene rings is 1. The van der Waals surface area contributed by atoms with Gasteiger partial charge in [-0.25, -0.2) is 9.59 Å². The smallest absolute Gasteiger partial charge is 0.341 e. The number of carbonyl (C=O) groups is 3. The molecule has 27 heavy (non-hydrogen) atoms. The van der Waals surface area contributed by atoms with E-state index in [1.807, 2.05) is 13.0 Å². The summed E-state index contributed by atoms with van der Waals surface area (Å²) in [6.07, 6.45) is 0. The van der Waals surface area contributed by atoms with Crippen molar-refractivity contribution < 1.29 is 23.9 Å². The summed E-state index contributed by atoms with van der Waals surface area (Å²) in [5.74, 6) is -1.81. The van der Waals surface area contributed by atoms with Crippen LogP contribution in [-0.4, -0.2) is 31.1 Å². The van der Waals surface area contributed by atoms with Crippen molar-refractivity contribution in [2.75, 3.05) is 18.5 Å². The molecule has 0 fully saturated rings. The average Bonchev–Trinajstić information content (AvgIpc) is 2.93. The lowest BCUT2D eigenvalue weighted by Gasteiger charge is -2.08. The Bertz CT molecular complexity index is 927. The van der Waals surface area contributed by atoms with Crippen LogP contribution in [0.1, 0.15) is 43.6 Å². The molecule has 0 unspecified atom stereocenters. The molecule has 8 heteroatoms. The van der Waals surface area contributed by atoms with Crippen molar-refractivity contribution in [1.29, 1.82) is 5.26 Å². The molecular formula is C19H18N2O5S. The Kier molecular flexibility index (Phi) is 6.68. The number of nitrogens with zero attached hydrogens (tertiary/aromatic N) is 1. The van der Waals surface area contributed by atoms with E-state index in [9.17, 15) is 14.4 Å². The number of rotatable bonds is 6. The molecule has 1 N–H and O–H groups in total. The van der Waals surface area contributed by atoms with Crippen molar-refractivity contribution in [2.45, 2.75) is 20.8 Å². The monoisotopic (exact) mass is 386 g/mol. The van der Waals surface area contributed by atoms with Gasteiger partial charge in [-0.05, 0) is 44.5 Å². The molecule has 0 aliphatic carbocycles. The van der Waals surface area contributed by atoms with Gasteiger partial charge < -0.3 is 14.8 Å². The van der Waals surface area contributed by atoms with Crippen LogP contribution in [-0.2, 0) is 14.3 Å². The third kappa shape index (κ3) is 4.92. The lowest BCUT2D eigenvalue weighted by atomic mass is 10.1. The van der Waals surface area contributed by atoms with Crippen LogP contribution in [0, 0.1) is 25.2 Å². The van der Waals surface area contributed by atoms with Crippen LogP contribution in [0.25, 0.3) is 0 Å². The van der Waals surface area contributed by atoms with Crippen LogP contribution < -0.4 is 5.32 Å². The number of hydrogen-bond acceptors (Lipinski definition) is 7. The van der Waals surface area contributed by atoms with Crippen LogP contribution in [0.5, 0.6) is 0 Å². The van der Waals surface area contributed by atoms with Gasteiger partial charge in [0.2, 0.25) is 0 Å². The molecule has 0 saturated heterocycles. The number of hydrogen-bond donors (Lipinski definition) is 1. The highest BCUT2D eigenvalue weighted by Gasteiger charge is 2.22.